The van der Waals surface area contributed by atoms with Crippen LogP contribution in [0.2, 0.25) is 0 Å². The number of aryl methyl sites for hydroxylation is 2. The Morgan fingerprint density at radius 3 is 2.54 bits per heavy atom. The van der Waals surface area contributed by atoms with E-state index < -0.39 is 11.7 Å². The van der Waals surface area contributed by atoms with E-state index in [1.54, 1.807) is 41.5 Å². The van der Waals surface area contributed by atoms with Crippen molar-refractivity contribution >= 4 is 11.6 Å². The first kappa shape index (κ1) is 19.7. The molecule has 0 aliphatic carbocycles. The molecule has 0 atom stereocenters. The molecule has 3 aromatic rings. The maximum Gasteiger partial charge on any atom is 0.416 e. The van der Waals surface area contributed by atoms with Gasteiger partial charge in [-0.2, -0.15) is 23.4 Å². The average molecular weight is 391 g/mol. The van der Waals surface area contributed by atoms with E-state index in [0.717, 1.165) is 17.8 Å². The molecule has 0 radical (unpaired) electrons. The molecule has 9 heteroatoms. The first-order valence-corrected chi connectivity index (χ1v) is 8.63. The van der Waals surface area contributed by atoms with Crippen molar-refractivity contribution < 1.29 is 18.0 Å². The van der Waals surface area contributed by atoms with Crippen molar-refractivity contribution in [3.05, 3.63) is 64.7 Å². The highest BCUT2D eigenvalue weighted by Crippen LogP contribution is 2.30. The minimum Gasteiger partial charge on any atom is -0.321 e. The van der Waals surface area contributed by atoms with E-state index in [1.807, 2.05) is 6.92 Å². The molecule has 28 heavy (non-hydrogen) atoms. The van der Waals surface area contributed by atoms with Crippen LogP contribution in [0, 0.1) is 20.8 Å². The summed E-state index contributed by atoms with van der Waals surface area (Å²) in [5.74, 6) is -0.253. The number of anilines is 1. The van der Waals surface area contributed by atoms with Gasteiger partial charge in [-0.25, -0.2) is 0 Å². The highest BCUT2D eigenvalue weighted by atomic mass is 19.4. The van der Waals surface area contributed by atoms with E-state index in [-0.39, 0.29) is 19.0 Å². The minimum atomic E-state index is -4.39. The highest BCUT2D eigenvalue weighted by Gasteiger charge is 2.30. The molecule has 0 fully saturated rings. The van der Waals surface area contributed by atoms with Crippen molar-refractivity contribution in [1.29, 1.82) is 0 Å². The molecule has 0 aliphatic heterocycles. The van der Waals surface area contributed by atoms with Gasteiger partial charge in [-0.3, -0.25) is 14.2 Å². The second kappa shape index (κ2) is 7.49. The van der Waals surface area contributed by atoms with Crippen molar-refractivity contribution in [2.45, 2.75) is 40.0 Å². The van der Waals surface area contributed by atoms with Gasteiger partial charge in [-0.05, 0) is 44.5 Å². The van der Waals surface area contributed by atoms with Crippen LogP contribution in [0.3, 0.4) is 0 Å². The van der Waals surface area contributed by atoms with Crippen LogP contribution in [0.25, 0.3) is 0 Å². The number of carbonyl (C=O) groups excluding carboxylic acids is 1. The third-order valence-corrected chi connectivity index (χ3v) is 4.45. The SMILES string of the molecule is Cc1nn(Cc2cccc(C(F)(F)F)c2)c(C)c1NC(=O)Cn1nccc1C. The monoisotopic (exact) mass is 391 g/mol. The number of rotatable bonds is 5. The molecule has 0 unspecified atom stereocenters. The predicted octanol–water partition coefficient (Wildman–Crippen LogP) is 3.71. The summed E-state index contributed by atoms with van der Waals surface area (Å²) in [4.78, 5) is 12.3. The molecule has 2 heterocycles. The van der Waals surface area contributed by atoms with Crippen LogP contribution in [0.1, 0.15) is 28.2 Å². The Morgan fingerprint density at radius 2 is 1.89 bits per heavy atom. The van der Waals surface area contributed by atoms with Crippen LogP contribution in [-0.2, 0) is 24.1 Å². The van der Waals surface area contributed by atoms with Crippen LogP contribution < -0.4 is 5.32 Å². The van der Waals surface area contributed by atoms with Crippen LogP contribution in [-0.4, -0.2) is 25.5 Å². The number of hydrogen-bond acceptors (Lipinski definition) is 3. The topological polar surface area (TPSA) is 64.7 Å². The van der Waals surface area contributed by atoms with Gasteiger partial charge >= 0.3 is 6.18 Å². The van der Waals surface area contributed by atoms with Crippen LogP contribution >= 0.6 is 0 Å². The fourth-order valence-corrected chi connectivity index (χ4v) is 2.93. The lowest BCUT2D eigenvalue weighted by atomic mass is 10.1. The number of benzene rings is 1. The van der Waals surface area contributed by atoms with Gasteiger partial charge in [0.15, 0.2) is 0 Å². The number of hydrogen-bond donors (Lipinski definition) is 1. The van der Waals surface area contributed by atoms with Gasteiger partial charge in [-0.15, -0.1) is 0 Å². The minimum absolute atomic E-state index is 0.0660. The average Bonchev–Trinajstić information content (AvgIpc) is 3.13. The first-order valence-electron chi connectivity index (χ1n) is 8.63. The molecule has 2 aromatic heterocycles. The highest BCUT2D eigenvalue weighted by molar-refractivity contribution is 5.91. The van der Waals surface area contributed by atoms with Gasteiger partial charge < -0.3 is 5.32 Å². The van der Waals surface area contributed by atoms with Gasteiger partial charge in [0.2, 0.25) is 5.91 Å². The van der Waals surface area contributed by atoms with E-state index in [1.165, 1.54) is 6.07 Å². The van der Waals surface area contributed by atoms with E-state index in [2.05, 4.69) is 15.5 Å². The van der Waals surface area contributed by atoms with Crippen molar-refractivity contribution in [2.75, 3.05) is 5.32 Å². The number of amides is 1. The van der Waals surface area contributed by atoms with Crippen LogP contribution in [0.4, 0.5) is 18.9 Å². The number of carbonyl (C=O) groups is 1. The zero-order valence-electron chi connectivity index (χ0n) is 15.7. The van der Waals surface area contributed by atoms with Gasteiger partial charge in [0.1, 0.15) is 6.54 Å². The molecule has 0 bridgehead atoms. The van der Waals surface area contributed by atoms with Crippen molar-refractivity contribution in [3.8, 4) is 0 Å². The molecule has 0 saturated heterocycles. The molecule has 3 rings (SSSR count). The molecular formula is C19H20F3N5O. The Kier molecular flexibility index (Phi) is 5.26. The molecule has 0 spiro atoms. The second-order valence-corrected chi connectivity index (χ2v) is 6.58. The quantitative estimate of drug-likeness (QED) is 0.721. The predicted molar refractivity (Wildman–Crippen MR) is 97.8 cm³/mol. The number of halogens is 3. The van der Waals surface area contributed by atoms with Crippen molar-refractivity contribution in [1.82, 2.24) is 19.6 Å². The van der Waals surface area contributed by atoms with Crippen LogP contribution in [0.15, 0.2) is 36.5 Å². The van der Waals surface area contributed by atoms with Gasteiger partial charge in [0.25, 0.3) is 0 Å². The Morgan fingerprint density at radius 1 is 1.14 bits per heavy atom. The zero-order valence-corrected chi connectivity index (χ0v) is 15.7. The lowest BCUT2D eigenvalue weighted by Gasteiger charge is -2.10. The number of nitrogens with one attached hydrogen (secondary N) is 1. The van der Waals surface area contributed by atoms with Gasteiger partial charge in [0.05, 0.1) is 29.2 Å². The van der Waals surface area contributed by atoms with Crippen molar-refractivity contribution in [2.24, 2.45) is 0 Å². The second-order valence-electron chi connectivity index (χ2n) is 6.58. The number of aromatic nitrogens is 4. The summed E-state index contributed by atoms with van der Waals surface area (Å²) >= 11 is 0. The lowest BCUT2D eigenvalue weighted by molar-refractivity contribution is -0.137. The van der Waals surface area contributed by atoms with Gasteiger partial charge in [0, 0.05) is 11.9 Å². The maximum absolute atomic E-state index is 12.9. The van der Waals surface area contributed by atoms with E-state index >= 15 is 0 Å². The van der Waals surface area contributed by atoms with Crippen molar-refractivity contribution in [3.63, 3.8) is 0 Å². The van der Waals surface area contributed by atoms with Crippen LogP contribution in [0.5, 0.6) is 0 Å². The first-order chi connectivity index (χ1) is 13.1. The molecule has 1 N–H and O–H groups in total. The largest absolute Gasteiger partial charge is 0.416 e. The smallest absolute Gasteiger partial charge is 0.321 e. The van der Waals surface area contributed by atoms with E-state index in [9.17, 15) is 18.0 Å². The number of nitrogens with zero attached hydrogens (tertiary/aromatic N) is 4. The number of alkyl halides is 3. The summed E-state index contributed by atoms with van der Waals surface area (Å²) in [7, 11) is 0. The normalized spacial score (nSPS) is 11.6. The Balaban J connectivity index is 1.77. The lowest BCUT2D eigenvalue weighted by Crippen LogP contribution is -2.21. The van der Waals surface area contributed by atoms with E-state index in [0.29, 0.717) is 22.6 Å². The summed E-state index contributed by atoms with van der Waals surface area (Å²) in [6.45, 7) is 5.60. The molecule has 0 aliphatic rings. The summed E-state index contributed by atoms with van der Waals surface area (Å²) in [5, 5.41) is 11.3. The molecule has 6 nitrogen and oxygen atoms in total. The Bertz CT molecular complexity index is 1000. The van der Waals surface area contributed by atoms with Gasteiger partial charge in [-0.1, -0.05) is 12.1 Å². The van der Waals surface area contributed by atoms with E-state index in [4.69, 9.17) is 0 Å². The third-order valence-electron chi connectivity index (χ3n) is 4.45. The Hall–Kier alpha value is -3.10. The summed E-state index contributed by atoms with van der Waals surface area (Å²) < 4.78 is 41.9. The Labute approximate surface area is 160 Å². The summed E-state index contributed by atoms with van der Waals surface area (Å²) in [6.07, 6.45) is -2.78. The summed E-state index contributed by atoms with van der Waals surface area (Å²) in [6, 6.07) is 6.93. The molecule has 1 amide bonds. The molecule has 1 aromatic carbocycles. The molecular weight excluding hydrogens is 371 g/mol. The molecule has 148 valence electrons. The molecule has 0 saturated carbocycles. The third kappa shape index (κ3) is 4.24. The standard InChI is InChI=1S/C19H20F3N5O/c1-12-7-8-23-26(12)11-17(28)24-18-13(2)25-27(14(18)3)10-15-5-4-6-16(9-15)19(20,21)22/h4-9H,10-11H2,1-3H3,(H,24,28). The maximum atomic E-state index is 12.9. The fraction of sp³-hybridized carbons (Fsp3) is 0.316. The fourth-order valence-electron chi connectivity index (χ4n) is 2.93. The zero-order chi connectivity index (χ0) is 20.5. The summed E-state index contributed by atoms with van der Waals surface area (Å²) in [5.41, 5.74) is 2.46.